The van der Waals surface area contributed by atoms with Crippen molar-refractivity contribution in [3.05, 3.63) is 0 Å². The second kappa shape index (κ2) is 5.58. The van der Waals surface area contributed by atoms with E-state index in [0.717, 1.165) is 32.5 Å². The number of aliphatic hydroxyl groups is 1. The molecule has 1 rings (SSSR count). The van der Waals surface area contributed by atoms with E-state index in [9.17, 15) is 0 Å². The number of nitrogens with zero attached hydrogens (tertiary/aromatic N) is 1. The summed E-state index contributed by atoms with van der Waals surface area (Å²) >= 11 is 0. The maximum Gasteiger partial charge on any atom is 0.0703 e. The van der Waals surface area contributed by atoms with Gasteiger partial charge >= 0.3 is 0 Å². The number of morpholine rings is 1. The maximum atomic E-state index is 8.70. The summed E-state index contributed by atoms with van der Waals surface area (Å²) in [7, 11) is 0. The van der Waals surface area contributed by atoms with E-state index in [1.165, 1.54) is 0 Å². The van der Waals surface area contributed by atoms with E-state index >= 15 is 0 Å². The minimum atomic E-state index is 0.279. The lowest BCUT2D eigenvalue weighted by atomic mass is 10.1. The highest BCUT2D eigenvalue weighted by Gasteiger charge is 2.21. The standard InChI is InChI=1S/C10H21NO2/c1-9(2)11-5-7-13-10(8-11)4-3-6-12/h9-10,12H,3-8H2,1-2H3. The molecular formula is C10H21NO2. The van der Waals surface area contributed by atoms with Gasteiger partial charge in [-0.1, -0.05) is 0 Å². The molecule has 1 atom stereocenters. The molecular weight excluding hydrogens is 166 g/mol. The Bertz CT molecular complexity index is 139. The fourth-order valence-corrected chi connectivity index (χ4v) is 1.70. The number of ether oxygens (including phenoxy) is 1. The quantitative estimate of drug-likeness (QED) is 0.709. The van der Waals surface area contributed by atoms with Crippen molar-refractivity contribution >= 4 is 0 Å². The molecule has 3 heteroatoms. The van der Waals surface area contributed by atoms with Crippen molar-refractivity contribution in [3.8, 4) is 0 Å². The molecule has 13 heavy (non-hydrogen) atoms. The predicted molar refractivity (Wildman–Crippen MR) is 52.8 cm³/mol. The summed E-state index contributed by atoms with van der Waals surface area (Å²) in [5, 5.41) is 8.70. The van der Waals surface area contributed by atoms with Crippen molar-refractivity contribution in [2.24, 2.45) is 0 Å². The Morgan fingerprint density at radius 3 is 2.92 bits per heavy atom. The zero-order valence-corrected chi connectivity index (χ0v) is 8.70. The molecule has 0 aromatic heterocycles. The normalized spacial score (nSPS) is 25.4. The molecule has 1 N–H and O–H groups in total. The first kappa shape index (κ1) is 11.0. The van der Waals surface area contributed by atoms with Crippen LogP contribution in [0.3, 0.4) is 0 Å². The van der Waals surface area contributed by atoms with Gasteiger partial charge in [0.2, 0.25) is 0 Å². The molecule has 0 radical (unpaired) electrons. The van der Waals surface area contributed by atoms with E-state index in [1.54, 1.807) is 0 Å². The lowest BCUT2D eigenvalue weighted by Gasteiger charge is -2.35. The van der Waals surface area contributed by atoms with Crippen LogP contribution in [-0.4, -0.2) is 48.5 Å². The molecule has 78 valence electrons. The van der Waals surface area contributed by atoms with Gasteiger partial charge in [-0.2, -0.15) is 0 Å². The van der Waals surface area contributed by atoms with Crippen LogP contribution in [0, 0.1) is 0 Å². The summed E-state index contributed by atoms with van der Waals surface area (Å²) in [6.45, 7) is 7.63. The average molecular weight is 187 g/mol. The van der Waals surface area contributed by atoms with Crippen LogP contribution < -0.4 is 0 Å². The van der Waals surface area contributed by atoms with Crippen LogP contribution in [0.25, 0.3) is 0 Å². The van der Waals surface area contributed by atoms with Gasteiger partial charge in [0.15, 0.2) is 0 Å². The zero-order valence-electron chi connectivity index (χ0n) is 8.70. The number of aliphatic hydroxyl groups excluding tert-OH is 1. The highest BCUT2D eigenvalue weighted by Crippen LogP contribution is 2.12. The van der Waals surface area contributed by atoms with Gasteiger partial charge in [0.05, 0.1) is 12.7 Å². The molecule has 0 amide bonds. The molecule has 3 nitrogen and oxygen atoms in total. The zero-order chi connectivity index (χ0) is 9.68. The minimum Gasteiger partial charge on any atom is -0.396 e. The van der Waals surface area contributed by atoms with Gasteiger partial charge in [-0.05, 0) is 26.7 Å². The van der Waals surface area contributed by atoms with Crippen molar-refractivity contribution in [1.29, 1.82) is 0 Å². The predicted octanol–water partition coefficient (Wildman–Crippen LogP) is 0.868. The summed E-state index contributed by atoms with van der Waals surface area (Å²) < 4.78 is 5.61. The van der Waals surface area contributed by atoms with E-state index in [0.29, 0.717) is 12.1 Å². The third-order valence-corrected chi connectivity index (χ3v) is 2.58. The Hall–Kier alpha value is -0.120. The van der Waals surface area contributed by atoms with Crippen LogP contribution in [0.2, 0.25) is 0 Å². The maximum absolute atomic E-state index is 8.70. The highest BCUT2D eigenvalue weighted by molar-refractivity contribution is 4.73. The topological polar surface area (TPSA) is 32.7 Å². The van der Waals surface area contributed by atoms with Crippen molar-refractivity contribution in [2.45, 2.75) is 38.8 Å². The molecule has 1 aliphatic heterocycles. The second-order valence-electron chi connectivity index (χ2n) is 3.95. The summed E-state index contributed by atoms with van der Waals surface area (Å²) in [4.78, 5) is 2.44. The number of rotatable bonds is 4. The fourth-order valence-electron chi connectivity index (χ4n) is 1.70. The van der Waals surface area contributed by atoms with Crippen molar-refractivity contribution in [2.75, 3.05) is 26.3 Å². The lowest BCUT2D eigenvalue weighted by Crippen LogP contribution is -2.45. The molecule has 1 unspecified atom stereocenters. The third-order valence-electron chi connectivity index (χ3n) is 2.58. The molecule has 1 aliphatic rings. The largest absolute Gasteiger partial charge is 0.396 e. The van der Waals surface area contributed by atoms with Crippen LogP contribution in [0.4, 0.5) is 0 Å². The first-order valence-corrected chi connectivity index (χ1v) is 5.20. The monoisotopic (exact) mass is 187 g/mol. The number of hydrogen-bond acceptors (Lipinski definition) is 3. The molecule has 0 aromatic carbocycles. The first-order valence-electron chi connectivity index (χ1n) is 5.20. The Kier molecular flexibility index (Phi) is 4.70. The molecule has 0 spiro atoms. The van der Waals surface area contributed by atoms with E-state index in [4.69, 9.17) is 9.84 Å². The molecule has 1 heterocycles. The Morgan fingerprint density at radius 1 is 1.54 bits per heavy atom. The van der Waals surface area contributed by atoms with Gasteiger partial charge in [0.1, 0.15) is 0 Å². The van der Waals surface area contributed by atoms with Crippen molar-refractivity contribution in [3.63, 3.8) is 0 Å². The van der Waals surface area contributed by atoms with Crippen LogP contribution in [0.5, 0.6) is 0 Å². The second-order valence-corrected chi connectivity index (χ2v) is 3.95. The molecule has 0 saturated carbocycles. The van der Waals surface area contributed by atoms with E-state index in [2.05, 4.69) is 18.7 Å². The summed E-state index contributed by atoms with van der Waals surface area (Å²) in [5.74, 6) is 0. The van der Waals surface area contributed by atoms with Crippen LogP contribution in [0.15, 0.2) is 0 Å². The molecule has 0 bridgehead atoms. The Morgan fingerprint density at radius 2 is 2.31 bits per heavy atom. The lowest BCUT2D eigenvalue weighted by molar-refractivity contribution is -0.0438. The van der Waals surface area contributed by atoms with Crippen LogP contribution in [-0.2, 0) is 4.74 Å². The molecule has 0 aliphatic carbocycles. The molecule has 1 fully saturated rings. The average Bonchev–Trinajstić information content (AvgIpc) is 2.15. The van der Waals surface area contributed by atoms with Gasteiger partial charge in [-0.3, -0.25) is 4.90 Å². The van der Waals surface area contributed by atoms with E-state index in [-0.39, 0.29) is 6.61 Å². The SMILES string of the molecule is CC(C)N1CCOC(CCCO)C1. The van der Waals surface area contributed by atoms with Crippen molar-refractivity contribution < 1.29 is 9.84 Å². The van der Waals surface area contributed by atoms with Gasteiger partial charge in [0, 0.05) is 25.7 Å². The van der Waals surface area contributed by atoms with Gasteiger partial charge in [-0.15, -0.1) is 0 Å². The first-order chi connectivity index (χ1) is 6.24. The minimum absolute atomic E-state index is 0.279. The highest BCUT2D eigenvalue weighted by atomic mass is 16.5. The van der Waals surface area contributed by atoms with E-state index in [1.807, 2.05) is 0 Å². The molecule has 0 aromatic rings. The summed E-state index contributed by atoms with van der Waals surface area (Å²) in [6, 6.07) is 0.612. The van der Waals surface area contributed by atoms with Gasteiger partial charge in [0.25, 0.3) is 0 Å². The summed E-state index contributed by atoms with van der Waals surface area (Å²) in [5.41, 5.74) is 0. The third kappa shape index (κ3) is 3.63. The Balaban J connectivity index is 2.25. The summed E-state index contributed by atoms with van der Waals surface area (Å²) in [6.07, 6.45) is 2.18. The Labute approximate surface area is 80.7 Å². The molecule has 1 saturated heterocycles. The smallest absolute Gasteiger partial charge is 0.0703 e. The van der Waals surface area contributed by atoms with Crippen LogP contribution in [0.1, 0.15) is 26.7 Å². The number of hydrogen-bond donors (Lipinski definition) is 1. The van der Waals surface area contributed by atoms with E-state index < -0.39 is 0 Å². The fraction of sp³-hybridized carbons (Fsp3) is 1.00. The van der Waals surface area contributed by atoms with Crippen LogP contribution >= 0.6 is 0 Å². The van der Waals surface area contributed by atoms with Crippen molar-refractivity contribution in [1.82, 2.24) is 4.90 Å². The van der Waals surface area contributed by atoms with Gasteiger partial charge < -0.3 is 9.84 Å². The van der Waals surface area contributed by atoms with Gasteiger partial charge in [-0.25, -0.2) is 0 Å².